The molecule has 1 atom stereocenters. The Balaban J connectivity index is 2.09. The fourth-order valence-electron chi connectivity index (χ4n) is 1.66. The molecule has 5 heteroatoms. The van der Waals surface area contributed by atoms with Gasteiger partial charge in [0, 0.05) is 12.7 Å². The molecule has 1 rings (SSSR count). The molecular weight excluding hydrogens is 260 g/mol. The van der Waals surface area contributed by atoms with Crippen molar-refractivity contribution in [2.75, 3.05) is 20.3 Å². The van der Waals surface area contributed by atoms with E-state index >= 15 is 0 Å². The number of ether oxygens (including phenoxy) is 3. The number of rotatable bonds is 8. The van der Waals surface area contributed by atoms with Gasteiger partial charge in [-0.3, -0.25) is 0 Å². The van der Waals surface area contributed by atoms with E-state index in [0.29, 0.717) is 25.2 Å². The third kappa shape index (κ3) is 5.84. The van der Waals surface area contributed by atoms with Gasteiger partial charge in [0.15, 0.2) is 0 Å². The average Bonchev–Trinajstić information content (AvgIpc) is 2.50. The van der Waals surface area contributed by atoms with Gasteiger partial charge in [-0.25, -0.2) is 9.59 Å². The first-order valence-corrected chi connectivity index (χ1v) is 6.55. The summed E-state index contributed by atoms with van der Waals surface area (Å²) >= 11 is 0. The van der Waals surface area contributed by atoms with Crippen molar-refractivity contribution in [3.05, 3.63) is 36.5 Å². The highest BCUT2D eigenvalue weighted by molar-refractivity contribution is 5.91. The monoisotopic (exact) mass is 280 g/mol. The summed E-state index contributed by atoms with van der Waals surface area (Å²) in [5.41, 5.74) is 0.559. The fraction of sp³-hybridized carbons (Fsp3) is 0.467. The first kappa shape index (κ1) is 16.2. The Morgan fingerprint density at radius 3 is 2.75 bits per heavy atom. The van der Waals surface area contributed by atoms with E-state index in [0.717, 1.165) is 18.9 Å². The molecule has 110 valence electrons. The van der Waals surface area contributed by atoms with Crippen LogP contribution in [-0.2, 0) is 23.8 Å². The smallest absolute Gasteiger partial charge is 0.337 e. The van der Waals surface area contributed by atoms with E-state index in [2.05, 4.69) is 11.3 Å². The lowest BCUT2D eigenvalue weighted by Gasteiger charge is -2.16. The van der Waals surface area contributed by atoms with E-state index in [1.165, 1.54) is 7.11 Å². The Hall–Kier alpha value is -1.88. The van der Waals surface area contributed by atoms with E-state index in [9.17, 15) is 9.59 Å². The Morgan fingerprint density at radius 1 is 1.40 bits per heavy atom. The lowest BCUT2D eigenvalue weighted by Crippen LogP contribution is -2.15. The highest BCUT2D eigenvalue weighted by Crippen LogP contribution is 2.14. The molecule has 1 aliphatic carbocycles. The maximum Gasteiger partial charge on any atom is 0.337 e. The van der Waals surface area contributed by atoms with E-state index in [-0.39, 0.29) is 12.1 Å². The zero-order valence-corrected chi connectivity index (χ0v) is 11.7. The van der Waals surface area contributed by atoms with Crippen molar-refractivity contribution in [2.45, 2.75) is 25.4 Å². The van der Waals surface area contributed by atoms with Gasteiger partial charge in [-0.05, 0) is 25.3 Å². The Kier molecular flexibility index (Phi) is 7.35. The summed E-state index contributed by atoms with van der Waals surface area (Å²) in [6.07, 6.45) is 8.72. The maximum absolute atomic E-state index is 11.3. The van der Waals surface area contributed by atoms with Crippen molar-refractivity contribution in [2.24, 2.45) is 0 Å². The van der Waals surface area contributed by atoms with Gasteiger partial charge in [-0.2, -0.15) is 0 Å². The summed E-state index contributed by atoms with van der Waals surface area (Å²) in [5.74, 6) is -0.731. The van der Waals surface area contributed by atoms with Gasteiger partial charge >= 0.3 is 11.9 Å². The quantitative estimate of drug-likeness (QED) is 0.386. The SMILES string of the molecule is C=CC(=O)OCCCCOC1C=CC(C(=O)OC)=CC1. The molecule has 0 fully saturated rings. The molecule has 0 N–H and O–H groups in total. The zero-order chi connectivity index (χ0) is 14.8. The van der Waals surface area contributed by atoms with Crippen LogP contribution in [0.2, 0.25) is 0 Å². The van der Waals surface area contributed by atoms with Gasteiger partial charge in [0.1, 0.15) is 0 Å². The number of unbranched alkanes of at least 4 members (excludes halogenated alkanes) is 1. The molecule has 0 spiro atoms. The molecule has 0 aromatic rings. The van der Waals surface area contributed by atoms with Gasteiger partial charge < -0.3 is 14.2 Å². The van der Waals surface area contributed by atoms with E-state index in [1.54, 1.807) is 6.08 Å². The molecule has 1 unspecified atom stereocenters. The molecular formula is C15H20O5. The Bertz CT molecular complexity index is 408. The van der Waals surface area contributed by atoms with Gasteiger partial charge in [-0.15, -0.1) is 0 Å². The second kappa shape index (κ2) is 9.09. The topological polar surface area (TPSA) is 61.8 Å². The Labute approximate surface area is 118 Å². The van der Waals surface area contributed by atoms with Crippen molar-refractivity contribution in [1.82, 2.24) is 0 Å². The summed E-state index contributed by atoms with van der Waals surface area (Å²) in [6, 6.07) is 0. The van der Waals surface area contributed by atoms with Crippen LogP contribution in [0.3, 0.4) is 0 Å². The molecule has 5 nitrogen and oxygen atoms in total. The summed E-state index contributed by atoms with van der Waals surface area (Å²) < 4.78 is 15.1. The molecule has 0 bridgehead atoms. The first-order chi connectivity index (χ1) is 9.67. The summed E-state index contributed by atoms with van der Waals surface area (Å²) in [5, 5.41) is 0. The largest absolute Gasteiger partial charge is 0.465 e. The molecule has 0 aromatic carbocycles. The number of carbonyl (C=O) groups is 2. The molecule has 1 aliphatic rings. The van der Waals surface area contributed by atoms with Crippen LogP contribution in [0.1, 0.15) is 19.3 Å². The van der Waals surface area contributed by atoms with Crippen LogP contribution in [0.4, 0.5) is 0 Å². The minimum atomic E-state index is -0.401. The van der Waals surface area contributed by atoms with Gasteiger partial charge in [0.05, 0.1) is 25.4 Å². The Morgan fingerprint density at radius 2 is 2.15 bits per heavy atom. The molecule has 0 radical (unpaired) electrons. The molecule has 0 heterocycles. The summed E-state index contributed by atoms with van der Waals surface area (Å²) in [4.78, 5) is 22.0. The standard InChI is InChI=1S/C15H20O5/c1-3-14(16)20-11-5-4-10-19-13-8-6-12(7-9-13)15(17)18-2/h3,6-8,13H,1,4-5,9-11H2,2H3. The lowest BCUT2D eigenvalue weighted by molar-refractivity contribution is -0.138. The number of methoxy groups -OCH3 is 1. The third-order valence-electron chi connectivity index (χ3n) is 2.76. The van der Waals surface area contributed by atoms with Crippen molar-refractivity contribution < 1.29 is 23.8 Å². The van der Waals surface area contributed by atoms with Crippen LogP contribution in [-0.4, -0.2) is 38.4 Å². The average molecular weight is 280 g/mol. The van der Waals surface area contributed by atoms with Gasteiger partial charge in [0.25, 0.3) is 0 Å². The van der Waals surface area contributed by atoms with Crippen molar-refractivity contribution >= 4 is 11.9 Å². The number of hydrogen-bond acceptors (Lipinski definition) is 5. The second-order valence-electron chi connectivity index (χ2n) is 4.23. The maximum atomic E-state index is 11.3. The fourth-order valence-corrected chi connectivity index (χ4v) is 1.66. The third-order valence-corrected chi connectivity index (χ3v) is 2.76. The molecule has 0 saturated carbocycles. The predicted octanol–water partition coefficient (Wildman–Crippen LogP) is 1.94. The van der Waals surface area contributed by atoms with E-state index < -0.39 is 5.97 Å². The lowest BCUT2D eigenvalue weighted by atomic mass is 10.1. The second-order valence-corrected chi connectivity index (χ2v) is 4.23. The van der Waals surface area contributed by atoms with E-state index in [4.69, 9.17) is 9.47 Å². The van der Waals surface area contributed by atoms with Crippen molar-refractivity contribution in [3.8, 4) is 0 Å². The van der Waals surface area contributed by atoms with Crippen molar-refractivity contribution in [3.63, 3.8) is 0 Å². The highest BCUT2D eigenvalue weighted by Gasteiger charge is 2.13. The summed E-state index contributed by atoms with van der Waals surface area (Å²) in [6.45, 7) is 4.28. The van der Waals surface area contributed by atoms with Gasteiger partial charge in [-0.1, -0.05) is 18.7 Å². The minimum absolute atomic E-state index is 0.0147. The first-order valence-electron chi connectivity index (χ1n) is 6.55. The number of carbonyl (C=O) groups excluding carboxylic acids is 2. The van der Waals surface area contributed by atoms with Crippen LogP contribution in [0, 0.1) is 0 Å². The molecule has 20 heavy (non-hydrogen) atoms. The van der Waals surface area contributed by atoms with Crippen LogP contribution < -0.4 is 0 Å². The summed E-state index contributed by atoms with van der Waals surface area (Å²) in [7, 11) is 1.36. The van der Waals surface area contributed by atoms with E-state index in [1.807, 2.05) is 12.2 Å². The number of esters is 2. The van der Waals surface area contributed by atoms with Crippen molar-refractivity contribution in [1.29, 1.82) is 0 Å². The predicted molar refractivity (Wildman–Crippen MR) is 74.0 cm³/mol. The van der Waals surface area contributed by atoms with Gasteiger partial charge in [0.2, 0.25) is 0 Å². The molecule has 0 saturated heterocycles. The van der Waals surface area contributed by atoms with Crippen LogP contribution in [0.15, 0.2) is 36.5 Å². The van der Waals surface area contributed by atoms with Crippen LogP contribution in [0.5, 0.6) is 0 Å². The molecule has 0 aromatic heterocycles. The normalized spacial score (nSPS) is 17.2. The zero-order valence-electron chi connectivity index (χ0n) is 11.7. The van der Waals surface area contributed by atoms with Crippen LogP contribution in [0.25, 0.3) is 0 Å². The number of hydrogen-bond donors (Lipinski definition) is 0. The molecule has 0 aliphatic heterocycles. The minimum Gasteiger partial charge on any atom is -0.465 e. The molecule has 0 amide bonds. The highest BCUT2D eigenvalue weighted by atomic mass is 16.5. The van der Waals surface area contributed by atoms with Crippen LogP contribution >= 0.6 is 0 Å².